The quantitative estimate of drug-likeness (QED) is 0.851. The summed E-state index contributed by atoms with van der Waals surface area (Å²) in [4.78, 5) is 19.2. The molecule has 1 aromatic rings. The molecule has 148 valence electrons. The highest BCUT2D eigenvalue weighted by atomic mass is 19.4. The zero-order chi connectivity index (χ0) is 19.9. The van der Waals surface area contributed by atoms with Gasteiger partial charge in [-0.25, -0.2) is 4.79 Å². The number of amides is 1. The Morgan fingerprint density at radius 1 is 1.27 bits per heavy atom. The van der Waals surface area contributed by atoms with Gasteiger partial charge in [0, 0.05) is 13.1 Å². The summed E-state index contributed by atoms with van der Waals surface area (Å²) in [6, 6.07) is -0.872. The summed E-state index contributed by atoms with van der Waals surface area (Å²) < 4.78 is 49.2. The van der Waals surface area contributed by atoms with E-state index in [0.717, 1.165) is 0 Å². The van der Waals surface area contributed by atoms with Gasteiger partial charge in [0.05, 0.1) is 18.7 Å². The second-order valence-corrected chi connectivity index (χ2v) is 7.42. The number of carbonyl (C=O) groups excluding carboxylic acids is 1. The van der Waals surface area contributed by atoms with Crippen LogP contribution in [0.3, 0.4) is 0 Å². The first kappa shape index (κ1) is 20.3. The summed E-state index contributed by atoms with van der Waals surface area (Å²) >= 11 is 0. The number of oxazole rings is 1. The average Bonchev–Trinajstić information content (AvgIpc) is 2.88. The van der Waals surface area contributed by atoms with Crippen LogP contribution in [0.15, 0.2) is 4.42 Å². The molecule has 10 heteroatoms. The predicted molar refractivity (Wildman–Crippen MR) is 86.6 cm³/mol. The summed E-state index contributed by atoms with van der Waals surface area (Å²) in [5, 5.41) is 9.11. The van der Waals surface area contributed by atoms with Crippen molar-refractivity contribution in [2.24, 2.45) is 0 Å². The molecular formula is C16H24F3N3O4. The number of aliphatic hydroxyl groups is 1. The maximum atomic E-state index is 13.0. The summed E-state index contributed by atoms with van der Waals surface area (Å²) in [5.41, 5.74) is -1.20. The largest absolute Gasteiger partial charge is 0.451 e. The summed E-state index contributed by atoms with van der Waals surface area (Å²) in [6.45, 7) is 8.41. The molecule has 0 aromatic carbocycles. The van der Waals surface area contributed by atoms with Gasteiger partial charge in [-0.15, -0.1) is 0 Å². The van der Waals surface area contributed by atoms with E-state index in [1.807, 2.05) is 0 Å². The Bertz CT molecular complexity index is 642. The van der Waals surface area contributed by atoms with Gasteiger partial charge in [0.15, 0.2) is 0 Å². The van der Waals surface area contributed by atoms with Crippen LogP contribution < -0.4 is 4.90 Å². The first-order valence-corrected chi connectivity index (χ1v) is 8.27. The second-order valence-electron chi connectivity index (χ2n) is 7.42. The summed E-state index contributed by atoms with van der Waals surface area (Å²) in [7, 11) is 0. The van der Waals surface area contributed by atoms with Crippen LogP contribution in [0.1, 0.15) is 46.1 Å². The van der Waals surface area contributed by atoms with Crippen LogP contribution in [0, 0.1) is 0 Å². The standard InChI is InChI=1S/C16H24F3N3O4/c1-9-6-21(7-10(2)22(9)14(24)26-15(3,4)5)13-20-11(8-23)12(25-13)16(17,18)19/h9-10,23H,6-8H2,1-5H3/t9-,10?/m0/s1. The lowest BCUT2D eigenvalue weighted by atomic mass is 10.1. The number of ether oxygens (including phenoxy) is 1. The molecule has 0 spiro atoms. The van der Waals surface area contributed by atoms with E-state index < -0.39 is 35.9 Å². The van der Waals surface area contributed by atoms with Crippen LogP contribution in [0.25, 0.3) is 0 Å². The molecule has 1 aromatic heterocycles. The minimum absolute atomic E-state index is 0.219. The molecule has 1 aliphatic rings. The number of aliphatic hydroxyl groups excluding tert-OH is 1. The van der Waals surface area contributed by atoms with Crippen molar-refractivity contribution in [1.29, 1.82) is 0 Å². The van der Waals surface area contributed by atoms with Crippen molar-refractivity contribution in [1.82, 2.24) is 9.88 Å². The lowest BCUT2D eigenvalue weighted by Gasteiger charge is -2.43. The van der Waals surface area contributed by atoms with Gasteiger partial charge in [-0.2, -0.15) is 18.2 Å². The molecule has 0 aliphatic carbocycles. The third kappa shape index (κ3) is 4.40. The topological polar surface area (TPSA) is 79.0 Å². The molecule has 0 saturated carbocycles. The van der Waals surface area contributed by atoms with Gasteiger partial charge in [-0.1, -0.05) is 0 Å². The van der Waals surface area contributed by atoms with Crippen LogP contribution in [0.2, 0.25) is 0 Å². The molecule has 0 radical (unpaired) electrons. The highest BCUT2D eigenvalue weighted by Crippen LogP contribution is 2.35. The van der Waals surface area contributed by atoms with Gasteiger partial charge in [-0.3, -0.25) is 4.90 Å². The molecule has 0 bridgehead atoms. The van der Waals surface area contributed by atoms with E-state index in [2.05, 4.69) is 4.98 Å². The number of aromatic nitrogens is 1. The fraction of sp³-hybridized carbons (Fsp3) is 0.750. The second kappa shape index (κ2) is 6.98. The van der Waals surface area contributed by atoms with Crippen molar-refractivity contribution < 1.29 is 32.2 Å². The molecular weight excluding hydrogens is 355 g/mol. The van der Waals surface area contributed by atoms with Crippen molar-refractivity contribution in [2.45, 2.75) is 65.1 Å². The number of anilines is 1. The van der Waals surface area contributed by atoms with Gasteiger partial charge in [0.1, 0.15) is 11.3 Å². The number of rotatable bonds is 2. The number of halogens is 3. The molecule has 2 rings (SSSR count). The fourth-order valence-electron chi connectivity index (χ4n) is 2.96. The number of hydrogen-bond donors (Lipinski definition) is 1. The molecule has 1 unspecified atom stereocenters. The number of carbonyl (C=O) groups is 1. The molecule has 2 atom stereocenters. The molecule has 1 N–H and O–H groups in total. The van der Waals surface area contributed by atoms with Gasteiger partial charge in [0.25, 0.3) is 6.01 Å². The number of alkyl halides is 3. The van der Waals surface area contributed by atoms with E-state index >= 15 is 0 Å². The number of piperazine rings is 1. The maximum absolute atomic E-state index is 13.0. The Kier molecular flexibility index (Phi) is 5.46. The molecule has 1 amide bonds. The summed E-state index contributed by atoms with van der Waals surface area (Å²) in [5.74, 6) is -1.30. The fourth-order valence-corrected chi connectivity index (χ4v) is 2.96. The smallest absolute Gasteiger partial charge is 0.444 e. The van der Waals surface area contributed by atoms with Crippen LogP contribution in [0.5, 0.6) is 0 Å². The highest BCUT2D eigenvalue weighted by Gasteiger charge is 2.42. The third-order valence-corrected chi connectivity index (χ3v) is 3.89. The zero-order valence-corrected chi connectivity index (χ0v) is 15.4. The molecule has 1 saturated heterocycles. The molecule has 1 fully saturated rings. The molecule has 7 nitrogen and oxygen atoms in total. The van der Waals surface area contributed by atoms with Crippen molar-refractivity contribution in [3.05, 3.63) is 11.5 Å². The average molecular weight is 379 g/mol. The van der Waals surface area contributed by atoms with Gasteiger partial charge < -0.3 is 19.2 Å². The first-order chi connectivity index (χ1) is 11.8. The van der Waals surface area contributed by atoms with Crippen LogP contribution in [-0.2, 0) is 17.5 Å². The predicted octanol–water partition coefficient (Wildman–Crippen LogP) is 3.02. The van der Waals surface area contributed by atoms with E-state index in [1.165, 1.54) is 4.90 Å². The van der Waals surface area contributed by atoms with E-state index in [9.17, 15) is 18.0 Å². The van der Waals surface area contributed by atoms with E-state index in [-0.39, 0.29) is 31.2 Å². The van der Waals surface area contributed by atoms with E-state index in [4.69, 9.17) is 14.3 Å². The third-order valence-electron chi connectivity index (χ3n) is 3.89. The Balaban J connectivity index is 2.19. The van der Waals surface area contributed by atoms with Crippen LogP contribution in [-0.4, -0.2) is 51.9 Å². The van der Waals surface area contributed by atoms with E-state index in [1.54, 1.807) is 39.5 Å². The van der Waals surface area contributed by atoms with Gasteiger partial charge >= 0.3 is 12.3 Å². The minimum Gasteiger partial charge on any atom is -0.444 e. The first-order valence-electron chi connectivity index (χ1n) is 8.27. The van der Waals surface area contributed by atoms with E-state index in [0.29, 0.717) is 0 Å². The molecule has 2 heterocycles. The van der Waals surface area contributed by atoms with Crippen molar-refractivity contribution >= 4 is 12.1 Å². The monoisotopic (exact) mass is 379 g/mol. The van der Waals surface area contributed by atoms with Crippen molar-refractivity contribution in [3.63, 3.8) is 0 Å². The van der Waals surface area contributed by atoms with Crippen LogP contribution >= 0.6 is 0 Å². The van der Waals surface area contributed by atoms with Crippen LogP contribution in [0.4, 0.5) is 24.0 Å². The van der Waals surface area contributed by atoms with Crippen molar-refractivity contribution in [2.75, 3.05) is 18.0 Å². The zero-order valence-electron chi connectivity index (χ0n) is 15.4. The summed E-state index contributed by atoms with van der Waals surface area (Å²) in [6.07, 6.45) is -5.21. The Hall–Kier alpha value is -1.97. The van der Waals surface area contributed by atoms with Gasteiger partial charge in [-0.05, 0) is 34.6 Å². The normalized spacial score (nSPS) is 21.9. The number of nitrogens with zero attached hydrogens (tertiary/aromatic N) is 3. The lowest BCUT2D eigenvalue weighted by Crippen LogP contribution is -2.59. The van der Waals surface area contributed by atoms with Gasteiger partial charge in [0.2, 0.25) is 5.76 Å². The highest BCUT2D eigenvalue weighted by molar-refractivity contribution is 5.69. The lowest BCUT2D eigenvalue weighted by molar-refractivity contribution is -0.154. The SMILES string of the molecule is CC1CN(c2nc(CO)c(C(F)(F)F)o2)C[C@H](C)N1C(=O)OC(C)(C)C. The Morgan fingerprint density at radius 3 is 2.19 bits per heavy atom. The minimum atomic E-state index is -4.74. The molecule has 1 aliphatic heterocycles. The Labute approximate surface area is 149 Å². The number of hydrogen-bond acceptors (Lipinski definition) is 6. The maximum Gasteiger partial charge on any atom is 0.451 e. The van der Waals surface area contributed by atoms with Crippen molar-refractivity contribution in [3.8, 4) is 0 Å². The molecule has 26 heavy (non-hydrogen) atoms. The Morgan fingerprint density at radius 2 is 1.81 bits per heavy atom.